The highest BCUT2D eigenvalue weighted by Crippen LogP contribution is 2.51. The molecule has 3 aliphatic rings. The van der Waals surface area contributed by atoms with Gasteiger partial charge in [0.05, 0.1) is 12.1 Å². The predicted octanol–water partition coefficient (Wildman–Crippen LogP) is 6.36. The van der Waals surface area contributed by atoms with Crippen molar-refractivity contribution in [3.05, 3.63) is 81.2 Å². The summed E-state index contributed by atoms with van der Waals surface area (Å²) in [7, 11) is 1.58. The Kier molecular flexibility index (Phi) is 6.70. The summed E-state index contributed by atoms with van der Waals surface area (Å²) >= 11 is 6.76. The Labute approximate surface area is 211 Å². The van der Waals surface area contributed by atoms with Crippen molar-refractivity contribution in [1.29, 1.82) is 0 Å². The molecule has 0 unspecified atom stereocenters. The van der Waals surface area contributed by atoms with Crippen molar-refractivity contribution in [2.24, 2.45) is 0 Å². The zero-order valence-electron chi connectivity index (χ0n) is 20.2. The van der Waals surface area contributed by atoms with Crippen molar-refractivity contribution in [3.8, 4) is 11.5 Å². The Morgan fingerprint density at radius 3 is 2.14 bits per heavy atom. The van der Waals surface area contributed by atoms with E-state index in [0.29, 0.717) is 36.0 Å². The number of allylic oxidation sites excluding steroid dienone is 4. The summed E-state index contributed by atoms with van der Waals surface area (Å²) in [5.41, 5.74) is 5.47. The SMILES string of the molecule is CCN1C2=C(C(=O)CCC2)C(c2cc(Cl)c(OCc3ccccc3)c(OC)c2)C2=C1CCCC2=O. The summed E-state index contributed by atoms with van der Waals surface area (Å²) in [5, 5.41) is 0.406. The van der Waals surface area contributed by atoms with Gasteiger partial charge >= 0.3 is 0 Å². The molecule has 0 fully saturated rings. The van der Waals surface area contributed by atoms with Gasteiger partial charge in [-0.25, -0.2) is 0 Å². The Balaban J connectivity index is 1.61. The lowest BCUT2D eigenvalue weighted by molar-refractivity contribution is -0.117. The van der Waals surface area contributed by atoms with E-state index in [1.54, 1.807) is 7.11 Å². The number of hydrogen-bond donors (Lipinski definition) is 0. The van der Waals surface area contributed by atoms with Crippen molar-refractivity contribution in [1.82, 2.24) is 4.90 Å². The van der Waals surface area contributed by atoms with E-state index in [1.165, 1.54) is 0 Å². The lowest BCUT2D eigenvalue weighted by atomic mass is 9.71. The molecule has 5 rings (SSSR count). The van der Waals surface area contributed by atoms with E-state index in [1.807, 2.05) is 42.5 Å². The molecule has 0 amide bonds. The fourth-order valence-corrected chi connectivity index (χ4v) is 5.98. The molecular weight excluding hydrogens is 462 g/mol. The number of benzene rings is 2. The van der Waals surface area contributed by atoms with Gasteiger partial charge in [0.15, 0.2) is 23.1 Å². The molecule has 0 N–H and O–H groups in total. The second-order valence-electron chi connectivity index (χ2n) is 9.26. The standard InChI is InChI=1S/C29H30ClNO4/c1-3-31-21-11-7-13-23(32)27(21)26(28-22(31)12-8-14-24(28)33)19-15-20(30)29(25(16-19)34-2)35-17-18-9-5-4-6-10-18/h4-6,9-10,15-16,26H,3,7-8,11-14,17H2,1-2H3. The normalized spacial score (nSPS) is 18.5. The number of ether oxygens (including phenoxy) is 2. The van der Waals surface area contributed by atoms with Crippen LogP contribution in [0, 0.1) is 0 Å². The first kappa shape index (κ1) is 23.7. The van der Waals surface area contributed by atoms with Gasteiger partial charge < -0.3 is 14.4 Å². The molecule has 0 radical (unpaired) electrons. The highest BCUT2D eigenvalue weighted by molar-refractivity contribution is 6.32. The largest absolute Gasteiger partial charge is 0.493 e. The van der Waals surface area contributed by atoms with Crippen molar-refractivity contribution >= 4 is 23.2 Å². The van der Waals surface area contributed by atoms with Gasteiger partial charge in [-0.3, -0.25) is 9.59 Å². The maximum absolute atomic E-state index is 13.3. The first-order valence-electron chi connectivity index (χ1n) is 12.4. The van der Waals surface area contributed by atoms with Crippen molar-refractivity contribution in [2.45, 2.75) is 58.0 Å². The van der Waals surface area contributed by atoms with Gasteiger partial charge in [-0.15, -0.1) is 0 Å². The number of hydrogen-bond acceptors (Lipinski definition) is 5. The first-order valence-corrected chi connectivity index (χ1v) is 12.8. The van der Waals surface area contributed by atoms with Crippen LogP contribution in [0.1, 0.15) is 62.5 Å². The lowest BCUT2D eigenvalue weighted by Gasteiger charge is -2.43. The fraction of sp³-hybridized carbons (Fsp3) is 0.379. The minimum absolute atomic E-state index is 0.124. The minimum Gasteiger partial charge on any atom is -0.493 e. The fourth-order valence-electron chi connectivity index (χ4n) is 5.71. The minimum atomic E-state index is -0.419. The maximum Gasteiger partial charge on any atom is 0.180 e. The molecule has 2 aliphatic carbocycles. The summed E-state index contributed by atoms with van der Waals surface area (Å²) < 4.78 is 11.7. The Hall–Kier alpha value is -3.05. The Morgan fingerprint density at radius 2 is 1.57 bits per heavy atom. The summed E-state index contributed by atoms with van der Waals surface area (Å²) in [5.74, 6) is 0.787. The van der Waals surface area contributed by atoms with Crippen molar-refractivity contribution in [2.75, 3.05) is 13.7 Å². The number of methoxy groups -OCH3 is 1. The number of ketones is 2. The summed E-state index contributed by atoms with van der Waals surface area (Å²) in [6.45, 7) is 3.19. The molecule has 2 aromatic rings. The molecule has 35 heavy (non-hydrogen) atoms. The average molecular weight is 492 g/mol. The van der Waals surface area contributed by atoms with Crippen LogP contribution in [0.2, 0.25) is 5.02 Å². The van der Waals surface area contributed by atoms with Crippen LogP contribution in [0.3, 0.4) is 0 Å². The topological polar surface area (TPSA) is 55.8 Å². The van der Waals surface area contributed by atoms with Crippen LogP contribution < -0.4 is 9.47 Å². The molecular formula is C29H30ClNO4. The van der Waals surface area contributed by atoms with Gasteiger partial charge in [0.2, 0.25) is 0 Å². The molecule has 6 heteroatoms. The second kappa shape index (κ2) is 9.90. The van der Waals surface area contributed by atoms with Crippen LogP contribution in [0.25, 0.3) is 0 Å². The third-order valence-electron chi connectivity index (χ3n) is 7.21. The highest BCUT2D eigenvalue weighted by Gasteiger charge is 2.43. The molecule has 2 aromatic carbocycles. The van der Waals surface area contributed by atoms with Crippen LogP contribution in [0.4, 0.5) is 0 Å². The van der Waals surface area contributed by atoms with E-state index in [2.05, 4.69) is 11.8 Å². The van der Waals surface area contributed by atoms with Crippen LogP contribution in [0.15, 0.2) is 65.0 Å². The quantitative estimate of drug-likeness (QED) is 0.470. The molecule has 0 aromatic heterocycles. The number of Topliss-reactive ketones (excluding diaryl/α,β-unsaturated/α-hetero) is 2. The molecule has 1 heterocycles. The molecule has 0 saturated carbocycles. The maximum atomic E-state index is 13.3. The van der Waals surface area contributed by atoms with Gasteiger partial charge in [0, 0.05) is 47.8 Å². The monoisotopic (exact) mass is 491 g/mol. The molecule has 0 spiro atoms. The number of carbonyl (C=O) groups excluding carboxylic acids is 2. The zero-order valence-corrected chi connectivity index (χ0v) is 21.0. The number of halogens is 1. The predicted molar refractivity (Wildman–Crippen MR) is 136 cm³/mol. The smallest absolute Gasteiger partial charge is 0.180 e. The highest BCUT2D eigenvalue weighted by atomic mass is 35.5. The van der Waals surface area contributed by atoms with Gasteiger partial charge in [-0.2, -0.15) is 0 Å². The number of nitrogens with zero attached hydrogens (tertiary/aromatic N) is 1. The third kappa shape index (κ3) is 4.27. The summed E-state index contributed by atoms with van der Waals surface area (Å²) in [6.07, 6.45) is 4.39. The van der Waals surface area contributed by atoms with E-state index in [9.17, 15) is 9.59 Å². The molecule has 5 nitrogen and oxygen atoms in total. The van der Waals surface area contributed by atoms with Gasteiger partial charge in [-0.1, -0.05) is 41.9 Å². The lowest BCUT2D eigenvalue weighted by Crippen LogP contribution is -2.39. The van der Waals surface area contributed by atoms with E-state index < -0.39 is 5.92 Å². The van der Waals surface area contributed by atoms with E-state index >= 15 is 0 Å². The zero-order chi connectivity index (χ0) is 24.5. The first-order chi connectivity index (χ1) is 17.0. The Bertz CT molecular complexity index is 1190. The second-order valence-corrected chi connectivity index (χ2v) is 9.67. The molecule has 1 aliphatic heterocycles. The van der Waals surface area contributed by atoms with E-state index in [-0.39, 0.29) is 11.6 Å². The van der Waals surface area contributed by atoms with Gasteiger partial charge in [-0.05, 0) is 55.9 Å². The molecule has 182 valence electrons. The summed E-state index contributed by atoms with van der Waals surface area (Å²) in [6, 6.07) is 13.6. The van der Waals surface area contributed by atoms with E-state index in [4.69, 9.17) is 21.1 Å². The molecule has 0 atom stereocenters. The van der Waals surface area contributed by atoms with Crippen LogP contribution >= 0.6 is 11.6 Å². The Morgan fingerprint density at radius 1 is 0.943 bits per heavy atom. The van der Waals surface area contributed by atoms with Crippen LogP contribution in [0.5, 0.6) is 11.5 Å². The third-order valence-corrected chi connectivity index (χ3v) is 7.49. The van der Waals surface area contributed by atoms with Crippen LogP contribution in [-0.2, 0) is 16.2 Å². The van der Waals surface area contributed by atoms with Crippen molar-refractivity contribution in [3.63, 3.8) is 0 Å². The van der Waals surface area contributed by atoms with Gasteiger partial charge in [0.1, 0.15) is 6.61 Å². The average Bonchev–Trinajstić information content (AvgIpc) is 2.87. The molecule has 0 bridgehead atoms. The van der Waals surface area contributed by atoms with E-state index in [0.717, 1.165) is 65.9 Å². The number of carbonyl (C=O) groups is 2. The molecule has 0 saturated heterocycles. The van der Waals surface area contributed by atoms with Crippen LogP contribution in [-0.4, -0.2) is 30.1 Å². The summed E-state index contributed by atoms with van der Waals surface area (Å²) in [4.78, 5) is 28.9. The van der Waals surface area contributed by atoms with Gasteiger partial charge in [0.25, 0.3) is 0 Å². The van der Waals surface area contributed by atoms with Crippen molar-refractivity contribution < 1.29 is 19.1 Å². The number of rotatable bonds is 6.